The van der Waals surface area contributed by atoms with Crippen molar-refractivity contribution in [2.45, 2.75) is 38.3 Å². The first-order valence-electron chi connectivity index (χ1n) is 11.8. The van der Waals surface area contributed by atoms with Crippen LogP contribution in [0.1, 0.15) is 57.9 Å². The maximum Gasteiger partial charge on any atom is 0.335 e. The van der Waals surface area contributed by atoms with Crippen molar-refractivity contribution in [1.29, 1.82) is 0 Å². The monoisotopic (exact) mass is 487 g/mol. The summed E-state index contributed by atoms with van der Waals surface area (Å²) in [6.45, 7) is 4.92. The van der Waals surface area contributed by atoms with Crippen molar-refractivity contribution in [2.24, 2.45) is 0 Å². The topological polar surface area (TPSA) is 58.6 Å². The van der Waals surface area contributed by atoms with Gasteiger partial charge in [-0.1, -0.05) is 66.7 Å². The van der Waals surface area contributed by atoms with Crippen molar-refractivity contribution in [1.82, 2.24) is 5.32 Å². The van der Waals surface area contributed by atoms with E-state index in [1.54, 1.807) is 12.1 Å². The fourth-order valence-corrected chi connectivity index (χ4v) is 5.16. The van der Waals surface area contributed by atoms with Gasteiger partial charge in [-0.3, -0.25) is 0 Å². The Bertz CT molecular complexity index is 1350. The number of rotatable bonds is 6. The molecule has 1 heterocycles. The number of benzene rings is 4. The predicted molar refractivity (Wildman–Crippen MR) is 143 cm³/mol. The van der Waals surface area contributed by atoms with Crippen molar-refractivity contribution in [3.8, 4) is 5.75 Å². The van der Waals surface area contributed by atoms with Gasteiger partial charge in [0.2, 0.25) is 0 Å². The average molecular weight is 488 g/mol. The van der Waals surface area contributed by atoms with Crippen molar-refractivity contribution in [2.75, 3.05) is 6.54 Å². The number of para-hydroxylation sites is 1. The van der Waals surface area contributed by atoms with E-state index < -0.39 is 5.97 Å². The summed E-state index contributed by atoms with van der Waals surface area (Å²) in [6, 6.07) is 28.8. The lowest BCUT2D eigenvalue weighted by Gasteiger charge is -2.34. The molecule has 0 fully saturated rings. The second-order valence-corrected chi connectivity index (χ2v) is 9.14. The summed E-state index contributed by atoms with van der Waals surface area (Å²) >= 11 is 0. The van der Waals surface area contributed by atoms with E-state index in [2.05, 4.69) is 60.8 Å². The quantitative estimate of drug-likeness (QED) is 0.310. The number of carboxylic acid groups (broad SMARTS) is 1. The highest BCUT2D eigenvalue weighted by Gasteiger charge is 2.30. The van der Waals surface area contributed by atoms with E-state index in [-0.39, 0.29) is 30.5 Å². The van der Waals surface area contributed by atoms with Gasteiger partial charge in [-0.2, -0.15) is 0 Å². The van der Waals surface area contributed by atoms with Crippen molar-refractivity contribution < 1.29 is 14.6 Å². The normalized spacial score (nSPS) is 17.7. The van der Waals surface area contributed by atoms with Gasteiger partial charge in [-0.15, -0.1) is 12.4 Å². The summed E-state index contributed by atoms with van der Waals surface area (Å²) in [5, 5.41) is 15.6. The first-order chi connectivity index (χ1) is 16.5. The zero-order valence-corrected chi connectivity index (χ0v) is 20.7. The number of nitrogens with one attached hydrogen (secondary N) is 1. The molecule has 0 saturated heterocycles. The minimum Gasteiger partial charge on any atom is -0.489 e. The Morgan fingerprint density at radius 3 is 2.54 bits per heavy atom. The Morgan fingerprint density at radius 2 is 1.74 bits per heavy atom. The van der Waals surface area contributed by atoms with E-state index in [4.69, 9.17) is 4.74 Å². The molecular formula is C30H30ClNO3. The third-order valence-electron chi connectivity index (χ3n) is 6.92. The lowest BCUT2D eigenvalue weighted by Crippen LogP contribution is -2.37. The lowest BCUT2D eigenvalue weighted by molar-refractivity contribution is 0.0696. The zero-order valence-electron chi connectivity index (χ0n) is 19.9. The van der Waals surface area contributed by atoms with Crippen molar-refractivity contribution in [3.05, 3.63) is 113 Å². The molecule has 3 atom stereocenters. The Labute approximate surface area is 212 Å². The fraction of sp³-hybridized carbons (Fsp3) is 0.233. The predicted octanol–water partition coefficient (Wildman–Crippen LogP) is 6.90. The van der Waals surface area contributed by atoms with Gasteiger partial charge in [0.25, 0.3) is 0 Å². The van der Waals surface area contributed by atoms with Crippen molar-refractivity contribution in [3.63, 3.8) is 0 Å². The molecule has 0 aliphatic carbocycles. The highest BCUT2D eigenvalue weighted by molar-refractivity contribution is 5.88. The Morgan fingerprint density at radius 1 is 1.00 bits per heavy atom. The number of ether oxygens (including phenoxy) is 1. The van der Waals surface area contributed by atoms with Gasteiger partial charge in [0, 0.05) is 24.1 Å². The molecule has 4 aromatic rings. The molecule has 0 bridgehead atoms. The largest absolute Gasteiger partial charge is 0.489 e. The summed E-state index contributed by atoms with van der Waals surface area (Å²) in [6.07, 6.45) is 0.843. The number of hydrogen-bond donors (Lipinski definition) is 2. The van der Waals surface area contributed by atoms with E-state index >= 15 is 0 Å². The summed E-state index contributed by atoms with van der Waals surface area (Å²) in [4.78, 5) is 11.4. The SMILES string of the molecule is Cc1cc(C(=O)O)ccc1[C@@H]1C[C@H](CN[C@H](C)c2cccc3ccccc23)Oc2ccccc21.Cl. The molecule has 0 aromatic heterocycles. The molecule has 2 N–H and O–H groups in total. The van der Waals surface area contributed by atoms with Gasteiger partial charge < -0.3 is 15.2 Å². The lowest BCUT2D eigenvalue weighted by atomic mass is 9.82. The van der Waals surface area contributed by atoms with Crippen molar-refractivity contribution >= 4 is 29.1 Å². The van der Waals surface area contributed by atoms with Gasteiger partial charge >= 0.3 is 5.97 Å². The smallest absolute Gasteiger partial charge is 0.335 e. The van der Waals surface area contributed by atoms with E-state index in [1.807, 2.05) is 31.2 Å². The van der Waals surface area contributed by atoms with Crippen LogP contribution in [0.4, 0.5) is 0 Å². The maximum absolute atomic E-state index is 11.4. The Kier molecular flexibility index (Phi) is 7.44. The number of carbonyl (C=O) groups is 1. The second-order valence-electron chi connectivity index (χ2n) is 9.14. The van der Waals surface area contributed by atoms with Gasteiger partial charge in [-0.25, -0.2) is 4.79 Å². The molecule has 0 radical (unpaired) electrons. The molecule has 1 aliphatic heterocycles. The van der Waals surface area contributed by atoms with Crippen LogP contribution in [0.15, 0.2) is 84.9 Å². The average Bonchev–Trinajstić information content (AvgIpc) is 2.86. The van der Waals surface area contributed by atoms with Gasteiger partial charge in [0.05, 0.1) is 5.56 Å². The molecule has 35 heavy (non-hydrogen) atoms. The highest BCUT2D eigenvalue weighted by Crippen LogP contribution is 2.41. The highest BCUT2D eigenvalue weighted by atomic mass is 35.5. The van der Waals surface area contributed by atoms with E-state index in [1.165, 1.54) is 16.3 Å². The first kappa shape index (κ1) is 24.8. The van der Waals surface area contributed by atoms with Crippen LogP contribution in [0.3, 0.4) is 0 Å². The minimum atomic E-state index is -0.897. The first-order valence-corrected chi connectivity index (χ1v) is 11.8. The summed E-state index contributed by atoms with van der Waals surface area (Å²) < 4.78 is 6.40. The number of carboxylic acids is 1. The summed E-state index contributed by atoms with van der Waals surface area (Å²) in [5.41, 5.74) is 4.92. The van der Waals surface area contributed by atoms with Crippen LogP contribution in [0.2, 0.25) is 0 Å². The number of halogens is 1. The van der Waals surface area contributed by atoms with E-state index in [0.29, 0.717) is 5.56 Å². The zero-order chi connectivity index (χ0) is 23.7. The Hall–Kier alpha value is -3.34. The van der Waals surface area contributed by atoms with Crippen LogP contribution in [0, 0.1) is 6.92 Å². The molecule has 1 aliphatic rings. The minimum absolute atomic E-state index is 0. The molecule has 5 heteroatoms. The van der Waals surface area contributed by atoms with Gasteiger partial charge in [0.15, 0.2) is 0 Å². The third kappa shape index (κ3) is 5.04. The van der Waals surface area contributed by atoms with Crippen LogP contribution in [-0.2, 0) is 0 Å². The standard InChI is InChI=1S/C30H29NO3.ClH/c1-19-16-22(30(32)33)14-15-24(19)28-17-23(34-29-13-6-5-11-27(28)29)18-31-20(2)25-12-7-9-21-8-3-4-10-26(21)25;/h3-16,20,23,28,31H,17-18H2,1-2H3,(H,32,33);1H/t20-,23-,28+;/m1./s1. The van der Waals surface area contributed by atoms with Crippen LogP contribution >= 0.6 is 12.4 Å². The number of fused-ring (bicyclic) bond motifs is 2. The molecule has 180 valence electrons. The summed E-state index contributed by atoms with van der Waals surface area (Å²) in [7, 11) is 0. The molecule has 5 rings (SSSR count). The molecule has 0 spiro atoms. The summed E-state index contributed by atoms with van der Waals surface area (Å²) in [5.74, 6) is 0.170. The molecule has 4 nitrogen and oxygen atoms in total. The fourth-order valence-electron chi connectivity index (χ4n) is 5.16. The van der Waals surface area contributed by atoms with E-state index in [0.717, 1.165) is 35.4 Å². The number of aryl methyl sites for hydroxylation is 1. The van der Waals surface area contributed by atoms with Crippen LogP contribution in [0.5, 0.6) is 5.75 Å². The second kappa shape index (κ2) is 10.5. The molecular weight excluding hydrogens is 458 g/mol. The molecule has 0 unspecified atom stereocenters. The van der Waals surface area contributed by atoms with Gasteiger partial charge in [0.1, 0.15) is 11.9 Å². The number of aromatic carboxylic acids is 1. The van der Waals surface area contributed by atoms with Crippen LogP contribution in [0.25, 0.3) is 10.8 Å². The molecule has 4 aromatic carbocycles. The molecule has 0 saturated carbocycles. The van der Waals surface area contributed by atoms with Crippen LogP contribution in [-0.4, -0.2) is 23.7 Å². The van der Waals surface area contributed by atoms with Crippen LogP contribution < -0.4 is 10.1 Å². The molecule has 0 amide bonds. The van der Waals surface area contributed by atoms with E-state index in [9.17, 15) is 9.90 Å². The number of hydrogen-bond acceptors (Lipinski definition) is 3. The van der Waals surface area contributed by atoms with Gasteiger partial charge in [-0.05, 0) is 65.9 Å². The maximum atomic E-state index is 11.4. The Balaban J connectivity index is 0.00000289. The third-order valence-corrected chi connectivity index (χ3v) is 6.92.